The second-order valence-corrected chi connectivity index (χ2v) is 6.49. The summed E-state index contributed by atoms with van der Waals surface area (Å²) in [5.74, 6) is 0.0191. The van der Waals surface area contributed by atoms with Gasteiger partial charge in [-0.2, -0.15) is 0 Å². The molecule has 0 aliphatic carbocycles. The molecule has 0 unspecified atom stereocenters. The molecule has 0 aromatic carbocycles. The van der Waals surface area contributed by atoms with Gasteiger partial charge in [-0.05, 0) is 0 Å². The molecular formula is C8H15NO7S. The predicted octanol–water partition coefficient (Wildman–Crippen LogP) is -1.03. The summed E-state index contributed by atoms with van der Waals surface area (Å²) in [7, 11) is -3.25. The van der Waals surface area contributed by atoms with Gasteiger partial charge in [0, 0.05) is 5.75 Å². The van der Waals surface area contributed by atoms with Crippen molar-refractivity contribution in [1.29, 1.82) is 0 Å². The molecule has 2 saturated heterocycles. The van der Waals surface area contributed by atoms with E-state index in [4.69, 9.17) is 19.9 Å². The van der Waals surface area contributed by atoms with Crippen molar-refractivity contribution in [2.24, 2.45) is 0 Å². The summed E-state index contributed by atoms with van der Waals surface area (Å²) < 4.78 is 34.2. The third kappa shape index (κ3) is 2.45. The lowest BCUT2D eigenvalue weighted by molar-refractivity contribution is -0.507. The van der Waals surface area contributed by atoms with Crippen molar-refractivity contribution in [1.82, 2.24) is 5.39 Å². The lowest BCUT2D eigenvalue weighted by Gasteiger charge is -2.17. The van der Waals surface area contributed by atoms with E-state index in [1.165, 1.54) is 0 Å². The number of hydrogen-bond donors (Lipinski definition) is 2. The molecule has 8 nitrogen and oxygen atoms in total. The van der Waals surface area contributed by atoms with Crippen LogP contribution in [0.2, 0.25) is 0 Å². The molecule has 0 radical (unpaired) electrons. The van der Waals surface area contributed by atoms with Gasteiger partial charge in [-0.25, -0.2) is 13.3 Å². The van der Waals surface area contributed by atoms with Crippen LogP contribution in [0.3, 0.4) is 0 Å². The van der Waals surface area contributed by atoms with Gasteiger partial charge < -0.3 is 9.47 Å². The van der Waals surface area contributed by atoms with E-state index in [0.29, 0.717) is 0 Å². The standard InChI is InChI=1S/C8H15NO7S/c1-2-17(12,13)6-4-15-7-5(16-9(10)11)3-14-8(6)7/h5-8,10-11H,2-4H2,1H3/t5-,6-,7-,8-/m1/s1. The molecule has 2 N–H and O–H groups in total. The summed E-state index contributed by atoms with van der Waals surface area (Å²) in [4.78, 5) is 4.62. The van der Waals surface area contributed by atoms with Crippen LogP contribution >= 0.6 is 0 Å². The molecule has 2 aliphatic heterocycles. The number of nitrogens with zero attached hydrogens (tertiary/aromatic N) is 1. The maximum absolute atomic E-state index is 11.8. The molecule has 2 rings (SSSR count). The van der Waals surface area contributed by atoms with Crippen LogP contribution in [0.1, 0.15) is 6.92 Å². The molecule has 0 saturated carbocycles. The molecule has 9 heteroatoms. The quantitative estimate of drug-likeness (QED) is 0.624. The largest absolute Gasteiger partial charge is 0.371 e. The van der Waals surface area contributed by atoms with Gasteiger partial charge in [0.05, 0.1) is 18.6 Å². The molecular weight excluding hydrogens is 254 g/mol. The first kappa shape index (κ1) is 13.1. The number of sulfone groups is 1. The Bertz CT molecular complexity index is 370. The Morgan fingerprint density at radius 2 is 1.94 bits per heavy atom. The van der Waals surface area contributed by atoms with E-state index in [1.807, 2.05) is 0 Å². The lowest BCUT2D eigenvalue weighted by Crippen LogP contribution is -2.39. The number of rotatable bonds is 4. The van der Waals surface area contributed by atoms with Crippen molar-refractivity contribution >= 4 is 9.84 Å². The zero-order valence-electron chi connectivity index (χ0n) is 9.22. The van der Waals surface area contributed by atoms with E-state index in [1.54, 1.807) is 6.92 Å². The second kappa shape index (κ2) is 4.76. The second-order valence-electron chi connectivity index (χ2n) is 3.98. The van der Waals surface area contributed by atoms with Crippen molar-refractivity contribution < 1.29 is 33.1 Å². The first-order valence-corrected chi connectivity index (χ1v) is 6.96. The Labute approximate surface area is 98.5 Å². The highest BCUT2D eigenvalue weighted by molar-refractivity contribution is 7.92. The topological polar surface area (TPSA) is 106 Å². The van der Waals surface area contributed by atoms with Gasteiger partial charge in [0.1, 0.15) is 23.6 Å². The summed E-state index contributed by atoms with van der Waals surface area (Å²) in [6.07, 6.45) is -1.92. The van der Waals surface area contributed by atoms with Gasteiger partial charge in [0.15, 0.2) is 9.84 Å². The van der Waals surface area contributed by atoms with Crippen molar-refractivity contribution in [3.8, 4) is 0 Å². The third-order valence-electron chi connectivity index (χ3n) is 3.06. The molecule has 0 aromatic heterocycles. The average molecular weight is 269 g/mol. The van der Waals surface area contributed by atoms with E-state index < -0.39 is 38.8 Å². The van der Waals surface area contributed by atoms with Gasteiger partial charge in [0.2, 0.25) is 0 Å². The van der Waals surface area contributed by atoms with Gasteiger partial charge >= 0.3 is 0 Å². The highest BCUT2D eigenvalue weighted by atomic mass is 32.2. The average Bonchev–Trinajstić information content (AvgIpc) is 2.80. The summed E-state index contributed by atoms with van der Waals surface area (Å²) in [5.41, 5.74) is 0. The Kier molecular flexibility index (Phi) is 3.69. The molecule has 2 fully saturated rings. The monoisotopic (exact) mass is 269 g/mol. The van der Waals surface area contributed by atoms with E-state index in [2.05, 4.69) is 4.84 Å². The van der Waals surface area contributed by atoms with E-state index in [9.17, 15) is 8.42 Å². The van der Waals surface area contributed by atoms with Crippen molar-refractivity contribution in [3.63, 3.8) is 0 Å². The van der Waals surface area contributed by atoms with Crippen LogP contribution in [0.25, 0.3) is 0 Å². The van der Waals surface area contributed by atoms with E-state index in [-0.39, 0.29) is 19.0 Å². The minimum atomic E-state index is -3.25. The third-order valence-corrected chi connectivity index (χ3v) is 5.19. The summed E-state index contributed by atoms with van der Waals surface area (Å²) >= 11 is 0. The van der Waals surface area contributed by atoms with Crippen LogP contribution < -0.4 is 0 Å². The zero-order valence-corrected chi connectivity index (χ0v) is 10.0. The molecule has 100 valence electrons. The fraction of sp³-hybridized carbons (Fsp3) is 1.00. The fourth-order valence-corrected chi connectivity index (χ4v) is 3.52. The summed E-state index contributed by atoms with van der Waals surface area (Å²) in [5, 5.41) is 16.0. The van der Waals surface area contributed by atoms with Crippen molar-refractivity contribution in [2.75, 3.05) is 19.0 Å². The van der Waals surface area contributed by atoms with Crippen LogP contribution in [0.5, 0.6) is 0 Å². The van der Waals surface area contributed by atoms with Crippen molar-refractivity contribution in [2.45, 2.75) is 30.5 Å². The Hall–Kier alpha value is -0.290. The Balaban J connectivity index is 2.07. The van der Waals surface area contributed by atoms with Crippen molar-refractivity contribution in [3.05, 3.63) is 0 Å². The fourth-order valence-electron chi connectivity index (χ4n) is 2.16. The molecule has 17 heavy (non-hydrogen) atoms. The molecule has 0 bridgehead atoms. The van der Waals surface area contributed by atoms with E-state index >= 15 is 0 Å². The first-order valence-electron chi connectivity index (χ1n) is 5.25. The van der Waals surface area contributed by atoms with Gasteiger partial charge in [-0.1, -0.05) is 6.92 Å². The van der Waals surface area contributed by atoms with Crippen LogP contribution in [0.15, 0.2) is 0 Å². The maximum atomic E-state index is 11.8. The predicted molar refractivity (Wildman–Crippen MR) is 53.0 cm³/mol. The number of hydrogen-bond acceptors (Lipinski definition) is 8. The van der Waals surface area contributed by atoms with E-state index in [0.717, 1.165) is 0 Å². The van der Waals surface area contributed by atoms with Crippen LogP contribution in [-0.2, 0) is 24.1 Å². The minimum Gasteiger partial charge on any atom is -0.371 e. The number of ether oxygens (including phenoxy) is 2. The normalized spacial score (nSPS) is 37.6. The number of fused-ring (bicyclic) bond motifs is 1. The van der Waals surface area contributed by atoms with Gasteiger partial charge in [-0.15, -0.1) is 0 Å². The summed E-state index contributed by atoms with van der Waals surface area (Å²) in [6, 6.07) is 0. The molecule has 2 heterocycles. The zero-order chi connectivity index (χ0) is 12.6. The first-order chi connectivity index (χ1) is 7.95. The molecule has 4 atom stereocenters. The minimum absolute atomic E-state index is 0.0191. The Morgan fingerprint density at radius 1 is 1.29 bits per heavy atom. The molecule has 0 amide bonds. The van der Waals surface area contributed by atoms with Gasteiger partial charge in [0.25, 0.3) is 0 Å². The maximum Gasteiger partial charge on any atom is 0.157 e. The highest BCUT2D eigenvalue weighted by Gasteiger charge is 2.53. The highest BCUT2D eigenvalue weighted by Crippen LogP contribution is 2.32. The van der Waals surface area contributed by atoms with Crippen LogP contribution in [-0.4, -0.2) is 66.8 Å². The lowest BCUT2D eigenvalue weighted by atomic mass is 10.1. The Morgan fingerprint density at radius 3 is 2.53 bits per heavy atom. The molecule has 0 aromatic rings. The van der Waals surface area contributed by atoms with Gasteiger partial charge in [-0.3, -0.25) is 10.4 Å². The SMILES string of the molecule is CCS(=O)(=O)[C@@H]1CO[C@H]2[C@@H]1OC[C@H]2ON(O)O. The van der Waals surface area contributed by atoms with Crippen LogP contribution in [0.4, 0.5) is 0 Å². The smallest absolute Gasteiger partial charge is 0.157 e. The molecule has 2 aliphatic rings. The summed E-state index contributed by atoms with van der Waals surface area (Å²) in [6.45, 7) is 1.67. The van der Waals surface area contributed by atoms with Crippen LogP contribution in [0, 0.1) is 0 Å². The molecule has 0 spiro atoms.